The number of halogens is 1. The molecule has 0 unspecified atom stereocenters. The molecule has 2 N–H and O–H groups in total. The molecule has 0 amide bonds. The molecule has 0 aromatic rings. The maximum absolute atomic E-state index is 13.1. The second kappa shape index (κ2) is 2.44. The van der Waals surface area contributed by atoms with E-state index < -0.39 is 11.7 Å². The summed E-state index contributed by atoms with van der Waals surface area (Å²) in [5.74, 6) is -0.385. The van der Waals surface area contributed by atoms with Gasteiger partial charge in [0, 0.05) is 5.41 Å². The van der Waals surface area contributed by atoms with E-state index in [1.807, 2.05) is 0 Å². The van der Waals surface area contributed by atoms with Crippen molar-refractivity contribution in [2.24, 2.45) is 11.1 Å². The molecule has 0 aromatic carbocycles. The fraction of sp³-hybridized carbons (Fsp3) is 0.889. The quantitative estimate of drug-likeness (QED) is 0.664. The zero-order chi connectivity index (χ0) is 9.69. The van der Waals surface area contributed by atoms with Crippen LogP contribution < -0.4 is 5.73 Å². The molecule has 0 heterocycles. The van der Waals surface area contributed by atoms with E-state index in [9.17, 15) is 9.18 Å². The summed E-state index contributed by atoms with van der Waals surface area (Å²) >= 11 is 0. The molecule has 13 heavy (non-hydrogen) atoms. The van der Waals surface area contributed by atoms with Crippen LogP contribution in [-0.4, -0.2) is 24.3 Å². The van der Waals surface area contributed by atoms with Gasteiger partial charge >= 0.3 is 5.97 Å². The van der Waals surface area contributed by atoms with E-state index in [0.29, 0.717) is 25.9 Å². The first-order valence-corrected chi connectivity index (χ1v) is 4.63. The molecule has 3 saturated carbocycles. The smallest absolute Gasteiger partial charge is 0.323 e. The zero-order valence-electron chi connectivity index (χ0n) is 7.68. The highest BCUT2D eigenvalue weighted by Crippen LogP contribution is 2.70. The molecule has 3 rings (SSSR count). The lowest BCUT2D eigenvalue weighted by Crippen LogP contribution is -2.72. The third-order valence-electron chi connectivity index (χ3n) is 3.21. The van der Waals surface area contributed by atoms with E-state index in [2.05, 4.69) is 0 Å². The summed E-state index contributed by atoms with van der Waals surface area (Å²) in [7, 11) is 0. The molecule has 3 fully saturated rings. The monoisotopic (exact) mass is 187 g/mol. The van der Waals surface area contributed by atoms with Crippen LogP contribution in [0.15, 0.2) is 0 Å². The van der Waals surface area contributed by atoms with Gasteiger partial charge in [0.15, 0.2) is 0 Å². The number of ether oxygens (including phenoxy) is 1. The summed E-state index contributed by atoms with van der Waals surface area (Å²) < 4.78 is 17.9. The number of rotatable bonds is 3. The van der Waals surface area contributed by atoms with Crippen LogP contribution in [0, 0.1) is 5.41 Å². The van der Waals surface area contributed by atoms with Crippen LogP contribution in [-0.2, 0) is 9.53 Å². The summed E-state index contributed by atoms with van der Waals surface area (Å²) in [5.41, 5.74) is 4.44. The summed E-state index contributed by atoms with van der Waals surface area (Å²) in [6.45, 7) is 2.08. The van der Waals surface area contributed by atoms with E-state index >= 15 is 0 Å². The third-order valence-corrected chi connectivity index (χ3v) is 3.21. The first kappa shape index (κ1) is 8.94. The Morgan fingerprint density at radius 1 is 1.62 bits per heavy atom. The Morgan fingerprint density at radius 2 is 2.15 bits per heavy atom. The van der Waals surface area contributed by atoms with Crippen LogP contribution >= 0.6 is 0 Å². The molecule has 2 bridgehead atoms. The number of carbonyl (C=O) groups excluding carboxylic acids is 1. The van der Waals surface area contributed by atoms with Gasteiger partial charge in [-0.05, 0) is 26.2 Å². The number of nitrogens with two attached hydrogens (primary N) is 1. The highest BCUT2D eigenvalue weighted by molar-refractivity contribution is 5.77. The number of esters is 1. The van der Waals surface area contributed by atoms with Crippen LogP contribution in [0.4, 0.5) is 4.39 Å². The number of hydrogen-bond donors (Lipinski definition) is 1. The predicted octanol–water partition coefficient (Wildman–Crippen LogP) is 0.769. The molecule has 0 spiro atoms. The minimum Gasteiger partial charge on any atom is -0.465 e. The largest absolute Gasteiger partial charge is 0.465 e. The molecule has 0 saturated heterocycles. The van der Waals surface area contributed by atoms with Crippen molar-refractivity contribution in [2.45, 2.75) is 37.9 Å². The molecule has 1 atom stereocenters. The average molecular weight is 187 g/mol. The number of carbonyl (C=O) groups is 1. The molecule has 3 nitrogen and oxygen atoms in total. The van der Waals surface area contributed by atoms with Crippen molar-refractivity contribution in [1.82, 2.24) is 0 Å². The maximum atomic E-state index is 13.1. The van der Waals surface area contributed by atoms with Gasteiger partial charge in [-0.25, -0.2) is 4.39 Å². The fourth-order valence-corrected chi connectivity index (χ4v) is 2.55. The first-order chi connectivity index (χ1) is 6.01. The second-order valence-electron chi connectivity index (χ2n) is 4.27. The Labute approximate surface area is 76.4 Å². The van der Waals surface area contributed by atoms with E-state index in [4.69, 9.17) is 10.5 Å². The molecule has 3 aliphatic rings. The summed E-state index contributed by atoms with van der Waals surface area (Å²) in [6, 6.07) is -0.620. The summed E-state index contributed by atoms with van der Waals surface area (Å²) in [6.07, 6.45) is 1.33. The van der Waals surface area contributed by atoms with Gasteiger partial charge in [0.25, 0.3) is 0 Å². The van der Waals surface area contributed by atoms with Gasteiger partial charge in [-0.3, -0.25) is 4.79 Å². The Morgan fingerprint density at radius 3 is 2.54 bits per heavy atom. The maximum Gasteiger partial charge on any atom is 0.323 e. The standard InChI is InChI=1S/C9H14FNO2/c1-2-13-7(12)6(11)8-3-9(10,4-8)5-8/h6H,2-5,11H2,1H3/t6-,8?,9?/m0/s1. The van der Waals surface area contributed by atoms with Crippen LogP contribution in [0.5, 0.6) is 0 Å². The molecule has 0 aliphatic heterocycles. The van der Waals surface area contributed by atoms with Crippen molar-refractivity contribution >= 4 is 5.97 Å². The van der Waals surface area contributed by atoms with Gasteiger partial charge in [0.1, 0.15) is 11.7 Å². The summed E-state index contributed by atoms with van der Waals surface area (Å²) in [5, 5.41) is 0. The van der Waals surface area contributed by atoms with Crippen LogP contribution in [0.3, 0.4) is 0 Å². The van der Waals surface area contributed by atoms with Gasteiger partial charge in [0.2, 0.25) is 0 Å². The minimum absolute atomic E-state index is 0.263. The van der Waals surface area contributed by atoms with Gasteiger partial charge in [-0.15, -0.1) is 0 Å². The average Bonchev–Trinajstić information content (AvgIpc) is 1.96. The molecule has 0 radical (unpaired) electrons. The van der Waals surface area contributed by atoms with Gasteiger partial charge < -0.3 is 10.5 Å². The SMILES string of the molecule is CCOC(=O)[C@H](N)C12CC(F)(C1)C2. The van der Waals surface area contributed by atoms with Crippen LogP contribution in [0.1, 0.15) is 26.2 Å². The van der Waals surface area contributed by atoms with Crippen molar-refractivity contribution in [1.29, 1.82) is 0 Å². The second-order valence-corrected chi connectivity index (χ2v) is 4.27. The van der Waals surface area contributed by atoms with Gasteiger partial charge in [-0.2, -0.15) is 0 Å². The van der Waals surface area contributed by atoms with E-state index in [1.165, 1.54) is 0 Å². The van der Waals surface area contributed by atoms with Crippen molar-refractivity contribution in [2.75, 3.05) is 6.61 Å². The van der Waals surface area contributed by atoms with Crippen molar-refractivity contribution in [3.63, 3.8) is 0 Å². The van der Waals surface area contributed by atoms with Gasteiger partial charge in [0.05, 0.1) is 6.61 Å². The van der Waals surface area contributed by atoms with Crippen LogP contribution in [0.25, 0.3) is 0 Å². The summed E-state index contributed by atoms with van der Waals surface area (Å²) in [4.78, 5) is 11.2. The molecule has 0 aromatic heterocycles. The molecular weight excluding hydrogens is 173 g/mol. The Hall–Kier alpha value is -0.640. The first-order valence-electron chi connectivity index (χ1n) is 4.63. The lowest BCUT2D eigenvalue weighted by atomic mass is 9.40. The lowest BCUT2D eigenvalue weighted by Gasteiger charge is -2.67. The zero-order valence-corrected chi connectivity index (χ0v) is 7.68. The molecule has 74 valence electrons. The normalized spacial score (nSPS) is 43.0. The third kappa shape index (κ3) is 1.08. The topological polar surface area (TPSA) is 52.3 Å². The number of alkyl halides is 1. The lowest BCUT2D eigenvalue weighted by molar-refractivity contribution is -0.228. The highest BCUT2D eigenvalue weighted by atomic mass is 19.1. The van der Waals surface area contributed by atoms with Gasteiger partial charge in [-0.1, -0.05) is 0 Å². The van der Waals surface area contributed by atoms with Crippen LogP contribution in [0.2, 0.25) is 0 Å². The highest BCUT2D eigenvalue weighted by Gasteiger charge is 2.72. The van der Waals surface area contributed by atoms with E-state index in [0.717, 1.165) is 0 Å². The van der Waals surface area contributed by atoms with Crippen molar-refractivity contribution in [3.8, 4) is 0 Å². The number of hydrogen-bond acceptors (Lipinski definition) is 3. The van der Waals surface area contributed by atoms with E-state index in [1.54, 1.807) is 6.92 Å². The van der Waals surface area contributed by atoms with E-state index in [-0.39, 0.29) is 11.4 Å². The molecular formula is C9H14FNO2. The Kier molecular flexibility index (Phi) is 1.68. The molecule has 3 aliphatic carbocycles. The minimum atomic E-state index is -0.996. The predicted molar refractivity (Wildman–Crippen MR) is 44.7 cm³/mol. The van der Waals surface area contributed by atoms with Crippen molar-refractivity contribution < 1.29 is 13.9 Å². The fourth-order valence-electron chi connectivity index (χ4n) is 2.55. The molecule has 4 heteroatoms. The Balaban J connectivity index is 1.92. The van der Waals surface area contributed by atoms with Crippen molar-refractivity contribution in [3.05, 3.63) is 0 Å². The Bertz CT molecular complexity index is 234.